The molecule has 1 N–H and O–H groups in total. The predicted molar refractivity (Wildman–Crippen MR) is 83.9 cm³/mol. The van der Waals surface area contributed by atoms with Gasteiger partial charge in [0.05, 0.1) is 26.0 Å². The molecule has 1 aromatic carbocycles. The van der Waals surface area contributed by atoms with Crippen LogP contribution in [-0.4, -0.2) is 41.7 Å². The maximum absolute atomic E-state index is 12.6. The summed E-state index contributed by atoms with van der Waals surface area (Å²) in [5.41, 5.74) is 2.57. The maximum Gasteiger partial charge on any atom is 0.255 e. The highest BCUT2D eigenvalue weighted by molar-refractivity contribution is 5.94. The molecule has 0 aliphatic carbocycles. The lowest BCUT2D eigenvalue weighted by molar-refractivity contribution is 0.0733. The van der Waals surface area contributed by atoms with Crippen molar-refractivity contribution >= 4 is 5.91 Å². The number of hydrogen-bond acceptors (Lipinski definition) is 5. The minimum absolute atomic E-state index is 0.0142. The first-order chi connectivity index (χ1) is 11.1. The van der Waals surface area contributed by atoms with Gasteiger partial charge in [-0.25, -0.2) is 0 Å². The predicted octanol–water partition coefficient (Wildman–Crippen LogP) is 2.00. The van der Waals surface area contributed by atoms with Crippen LogP contribution in [0.4, 0.5) is 0 Å². The van der Waals surface area contributed by atoms with Crippen LogP contribution in [0.25, 0.3) is 0 Å². The van der Waals surface area contributed by atoms with E-state index in [1.54, 1.807) is 19.1 Å². The highest BCUT2D eigenvalue weighted by Crippen LogP contribution is 2.33. The number of amides is 1. The lowest BCUT2D eigenvalue weighted by Gasteiger charge is -2.29. The molecular formula is C17H18N2O4. The van der Waals surface area contributed by atoms with Crippen molar-refractivity contribution in [3.63, 3.8) is 0 Å². The average Bonchev–Trinajstić information content (AvgIpc) is 2.59. The molecule has 6 nitrogen and oxygen atoms in total. The zero-order chi connectivity index (χ0) is 16.4. The topological polar surface area (TPSA) is 71.9 Å². The summed E-state index contributed by atoms with van der Waals surface area (Å²) < 4.78 is 10.6. The maximum atomic E-state index is 12.6. The van der Waals surface area contributed by atoms with E-state index in [-0.39, 0.29) is 11.7 Å². The number of nitrogens with zero attached hydrogens (tertiary/aromatic N) is 2. The van der Waals surface area contributed by atoms with E-state index in [0.29, 0.717) is 30.2 Å². The average molecular weight is 314 g/mol. The van der Waals surface area contributed by atoms with E-state index in [4.69, 9.17) is 9.47 Å². The van der Waals surface area contributed by atoms with Crippen LogP contribution in [0.15, 0.2) is 30.6 Å². The molecule has 6 heteroatoms. The highest BCUT2D eigenvalue weighted by Gasteiger charge is 2.24. The zero-order valence-electron chi connectivity index (χ0n) is 13.1. The van der Waals surface area contributed by atoms with Crippen LogP contribution in [0.2, 0.25) is 0 Å². The monoisotopic (exact) mass is 314 g/mol. The molecule has 0 spiro atoms. The zero-order valence-corrected chi connectivity index (χ0v) is 13.1. The molecule has 120 valence electrons. The Morgan fingerprint density at radius 3 is 2.48 bits per heavy atom. The van der Waals surface area contributed by atoms with Crippen LogP contribution >= 0.6 is 0 Å². The Morgan fingerprint density at radius 2 is 1.83 bits per heavy atom. The van der Waals surface area contributed by atoms with E-state index in [1.165, 1.54) is 18.5 Å². The van der Waals surface area contributed by atoms with Gasteiger partial charge in [-0.15, -0.1) is 0 Å². The van der Waals surface area contributed by atoms with Crippen molar-refractivity contribution in [2.24, 2.45) is 0 Å². The number of benzene rings is 1. The quantitative estimate of drug-likeness (QED) is 0.938. The normalized spacial score (nSPS) is 13.4. The molecule has 0 saturated carbocycles. The van der Waals surface area contributed by atoms with Crippen molar-refractivity contribution in [3.8, 4) is 17.2 Å². The van der Waals surface area contributed by atoms with Crippen molar-refractivity contribution in [2.75, 3.05) is 20.8 Å². The fourth-order valence-electron chi connectivity index (χ4n) is 2.78. The van der Waals surface area contributed by atoms with E-state index in [0.717, 1.165) is 17.5 Å². The Morgan fingerprint density at radius 1 is 1.13 bits per heavy atom. The molecule has 0 unspecified atom stereocenters. The van der Waals surface area contributed by atoms with Crippen molar-refractivity contribution in [3.05, 3.63) is 47.3 Å². The van der Waals surface area contributed by atoms with E-state index in [9.17, 15) is 9.90 Å². The Balaban J connectivity index is 1.86. The Bertz CT molecular complexity index is 745. The van der Waals surface area contributed by atoms with Crippen LogP contribution in [0, 0.1) is 0 Å². The van der Waals surface area contributed by atoms with Crippen LogP contribution in [0.1, 0.15) is 21.5 Å². The lowest BCUT2D eigenvalue weighted by Crippen LogP contribution is -2.36. The molecule has 1 aliphatic heterocycles. The van der Waals surface area contributed by atoms with E-state index in [1.807, 2.05) is 12.1 Å². The van der Waals surface area contributed by atoms with Gasteiger partial charge >= 0.3 is 0 Å². The number of rotatable bonds is 3. The fraction of sp³-hybridized carbons (Fsp3) is 0.294. The van der Waals surface area contributed by atoms with Gasteiger partial charge in [0.2, 0.25) is 0 Å². The van der Waals surface area contributed by atoms with E-state index < -0.39 is 0 Å². The van der Waals surface area contributed by atoms with Gasteiger partial charge in [0.1, 0.15) is 5.75 Å². The molecule has 0 saturated heterocycles. The number of carbonyl (C=O) groups is 1. The van der Waals surface area contributed by atoms with Crippen molar-refractivity contribution in [2.45, 2.75) is 13.0 Å². The third-order valence-electron chi connectivity index (χ3n) is 3.98. The third-order valence-corrected chi connectivity index (χ3v) is 3.98. The summed E-state index contributed by atoms with van der Waals surface area (Å²) in [4.78, 5) is 18.2. The second-order valence-corrected chi connectivity index (χ2v) is 5.38. The summed E-state index contributed by atoms with van der Waals surface area (Å²) in [6.07, 6.45) is 3.51. The second-order valence-electron chi connectivity index (χ2n) is 5.38. The highest BCUT2D eigenvalue weighted by atomic mass is 16.5. The summed E-state index contributed by atoms with van der Waals surface area (Å²) in [5, 5.41) is 9.48. The minimum atomic E-state index is -0.145. The molecule has 0 radical (unpaired) electrons. The smallest absolute Gasteiger partial charge is 0.255 e. The van der Waals surface area contributed by atoms with Crippen molar-refractivity contribution < 1.29 is 19.4 Å². The van der Waals surface area contributed by atoms with Gasteiger partial charge in [-0.1, -0.05) is 0 Å². The largest absolute Gasteiger partial charge is 0.506 e. The van der Waals surface area contributed by atoms with Gasteiger partial charge in [-0.2, -0.15) is 0 Å². The van der Waals surface area contributed by atoms with Crippen molar-refractivity contribution in [1.82, 2.24) is 9.88 Å². The number of pyridine rings is 1. The van der Waals surface area contributed by atoms with Crippen LogP contribution in [0.5, 0.6) is 17.2 Å². The third kappa shape index (κ3) is 2.92. The number of ether oxygens (including phenoxy) is 2. The molecule has 0 fully saturated rings. The van der Waals surface area contributed by atoms with Crippen LogP contribution in [-0.2, 0) is 13.0 Å². The molecule has 2 aromatic rings. The van der Waals surface area contributed by atoms with Gasteiger partial charge < -0.3 is 19.5 Å². The molecule has 0 atom stereocenters. The molecule has 3 rings (SSSR count). The van der Waals surface area contributed by atoms with Gasteiger partial charge in [0, 0.05) is 19.3 Å². The van der Waals surface area contributed by atoms with Crippen molar-refractivity contribution in [1.29, 1.82) is 0 Å². The number of aromatic nitrogens is 1. The molecule has 0 bridgehead atoms. The Labute approximate surface area is 134 Å². The SMILES string of the molecule is COc1cc2c(cc1OC)CN(C(=O)c1cncc(O)c1)CC2. The Kier molecular flexibility index (Phi) is 4.06. The van der Waals surface area contributed by atoms with Gasteiger partial charge in [0.25, 0.3) is 5.91 Å². The van der Waals surface area contributed by atoms with Crippen LogP contribution < -0.4 is 9.47 Å². The number of aromatic hydroxyl groups is 1. The summed E-state index contributed by atoms with van der Waals surface area (Å²) >= 11 is 0. The summed E-state index contributed by atoms with van der Waals surface area (Å²) in [5.74, 6) is 1.19. The first-order valence-corrected chi connectivity index (χ1v) is 7.29. The van der Waals surface area contributed by atoms with E-state index >= 15 is 0 Å². The number of hydrogen-bond donors (Lipinski definition) is 1. The fourth-order valence-corrected chi connectivity index (χ4v) is 2.78. The van der Waals surface area contributed by atoms with Gasteiger partial charge in [-0.3, -0.25) is 9.78 Å². The van der Waals surface area contributed by atoms with Gasteiger partial charge in [0.15, 0.2) is 11.5 Å². The van der Waals surface area contributed by atoms with Crippen LogP contribution in [0.3, 0.4) is 0 Å². The summed E-state index contributed by atoms with van der Waals surface area (Å²) in [6.45, 7) is 1.10. The molecule has 1 aromatic heterocycles. The standard InChI is InChI=1S/C17H18N2O4/c1-22-15-6-11-3-4-19(10-13(11)7-16(15)23-2)17(21)12-5-14(20)9-18-8-12/h5-9,20H,3-4,10H2,1-2H3. The first kappa shape index (κ1) is 15.1. The molecular weight excluding hydrogens is 296 g/mol. The molecule has 1 amide bonds. The molecule has 23 heavy (non-hydrogen) atoms. The summed E-state index contributed by atoms with van der Waals surface area (Å²) in [6, 6.07) is 5.31. The number of carbonyl (C=O) groups excluding carboxylic acids is 1. The summed E-state index contributed by atoms with van der Waals surface area (Å²) in [7, 11) is 3.20. The second kappa shape index (κ2) is 6.16. The van der Waals surface area contributed by atoms with E-state index in [2.05, 4.69) is 4.98 Å². The Hall–Kier alpha value is -2.76. The number of fused-ring (bicyclic) bond motifs is 1. The molecule has 2 heterocycles. The number of methoxy groups -OCH3 is 2. The van der Waals surface area contributed by atoms with Gasteiger partial charge in [-0.05, 0) is 35.7 Å². The first-order valence-electron chi connectivity index (χ1n) is 7.29. The molecule has 1 aliphatic rings. The minimum Gasteiger partial charge on any atom is -0.506 e. The lowest BCUT2D eigenvalue weighted by atomic mass is 9.98.